The van der Waals surface area contributed by atoms with Crippen molar-refractivity contribution < 1.29 is 0 Å². The quantitative estimate of drug-likeness (QED) is 0.461. The molecule has 0 aromatic rings. The molecule has 0 aliphatic heterocycles. The number of hydrogen-bond acceptors (Lipinski definition) is 3. The maximum absolute atomic E-state index is 6.42. The highest BCUT2D eigenvalue weighted by molar-refractivity contribution is 5.84. The number of nitrogens with zero attached hydrogens (tertiary/aromatic N) is 2. The molecule has 1 N–H and O–H groups in total. The zero-order valence-electron chi connectivity index (χ0n) is 6.63. The van der Waals surface area contributed by atoms with Crippen LogP contribution in [0.3, 0.4) is 0 Å². The van der Waals surface area contributed by atoms with Gasteiger partial charge >= 0.3 is 0 Å². The van der Waals surface area contributed by atoms with Crippen molar-refractivity contribution in [2.75, 3.05) is 0 Å². The normalized spacial score (nSPS) is 13.0. The Morgan fingerprint density at radius 3 is 2.40 bits per heavy atom. The molecule has 0 saturated carbocycles. The second-order valence-electron chi connectivity index (χ2n) is 2.35. The zero-order chi connectivity index (χ0) is 7.98. The van der Waals surface area contributed by atoms with Crippen LogP contribution in [0.15, 0.2) is 22.5 Å². The van der Waals surface area contributed by atoms with E-state index in [4.69, 9.17) is 5.53 Å². The van der Waals surface area contributed by atoms with E-state index in [0.29, 0.717) is 5.92 Å². The van der Waals surface area contributed by atoms with E-state index in [1.54, 1.807) is 0 Å². The average Bonchev–Trinajstić information content (AvgIpc) is 1.88. The minimum absolute atomic E-state index is 0.468. The molecule has 0 spiro atoms. The molecule has 0 atom stereocenters. The molecule has 0 aromatic carbocycles. The van der Waals surface area contributed by atoms with Gasteiger partial charge in [-0.25, -0.2) is 5.53 Å². The minimum atomic E-state index is 0.468. The zero-order valence-corrected chi connectivity index (χ0v) is 6.63. The first-order valence-corrected chi connectivity index (χ1v) is 3.24. The lowest BCUT2D eigenvalue weighted by molar-refractivity contribution is 0.878. The topological polar surface area (TPSA) is 48.6 Å². The number of nitrogens with one attached hydrogen (secondary N) is 1. The molecule has 0 bridgehead atoms. The smallest absolute Gasteiger partial charge is 0.0671 e. The molecule has 0 amide bonds. The summed E-state index contributed by atoms with van der Waals surface area (Å²) in [4.78, 5) is 4.04. The summed E-state index contributed by atoms with van der Waals surface area (Å²) in [7, 11) is 0. The van der Waals surface area contributed by atoms with Crippen LogP contribution in [0.5, 0.6) is 0 Å². The lowest BCUT2D eigenvalue weighted by Gasteiger charge is -1.99. The van der Waals surface area contributed by atoms with Crippen molar-refractivity contribution in [1.29, 1.82) is 5.53 Å². The van der Waals surface area contributed by atoms with Gasteiger partial charge in [0.05, 0.1) is 6.20 Å². The van der Waals surface area contributed by atoms with Crippen LogP contribution in [-0.4, -0.2) is 5.71 Å². The third-order valence-electron chi connectivity index (χ3n) is 1.25. The maximum atomic E-state index is 6.42. The van der Waals surface area contributed by atoms with E-state index < -0.39 is 0 Å². The Morgan fingerprint density at radius 1 is 1.40 bits per heavy atom. The van der Waals surface area contributed by atoms with Crippen molar-refractivity contribution in [3.63, 3.8) is 0 Å². The fourth-order valence-corrected chi connectivity index (χ4v) is 0.333. The molecule has 0 aliphatic rings. The Hall–Kier alpha value is -0.990. The summed E-state index contributed by atoms with van der Waals surface area (Å²) in [5.41, 5.74) is 7.48. The summed E-state index contributed by atoms with van der Waals surface area (Å²) in [5.74, 6) is 0.468. The molecule has 0 unspecified atom stereocenters. The molecule has 10 heavy (non-hydrogen) atoms. The van der Waals surface area contributed by atoms with Crippen LogP contribution >= 0.6 is 0 Å². The molecule has 0 rings (SSSR count). The van der Waals surface area contributed by atoms with Crippen molar-refractivity contribution in [1.82, 2.24) is 0 Å². The van der Waals surface area contributed by atoms with E-state index in [9.17, 15) is 0 Å². The first-order chi connectivity index (χ1) is 4.68. The van der Waals surface area contributed by atoms with Gasteiger partial charge in [-0.2, -0.15) is 5.11 Å². The molecular weight excluding hydrogens is 126 g/mol. The third-order valence-corrected chi connectivity index (χ3v) is 1.25. The standard InChI is InChI=1S/C7H13N3/c1-6(2)7(3)9-4-5-10-8/h4-6,8H,1-3H3/b5-4-,9-7+,10-8?. The fourth-order valence-electron chi connectivity index (χ4n) is 0.333. The highest BCUT2D eigenvalue weighted by Gasteiger charge is 1.93. The Bertz CT molecular complexity index is 156. The molecule has 3 heteroatoms. The van der Waals surface area contributed by atoms with Gasteiger partial charge in [-0.15, -0.1) is 0 Å². The van der Waals surface area contributed by atoms with Gasteiger partial charge in [0.2, 0.25) is 0 Å². The first-order valence-electron chi connectivity index (χ1n) is 3.24. The minimum Gasteiger partial charge on any atom is -0.264 e. The molecule has 0 radical (unpaired) electrons. The predicted molar refractivity (Wildman–Crippen MR) is 42.2 cm³/mol. The second-order valence-corrected chi connectivity index (χ2v) is 2.35. The molecule has 0 heterocycles. The van der Waals surface area contributed by atoms with E-state index in [-0.39, 0.29) is 0 Å². The van der Waals surface area contributed by atoms with Crippen molar-refractivity contribution in [2.45, 2.75) is 20.8 Å². The van der Waals surface area contributed by atoms with Crippen molar-refractivity contribution in [3.8, 4) is 0 Å². The van der Waals surface area contributed by atoms with Crippen molar-refractivity contribution in [2.24, 2.45) is 16.0 Å². The summed E-state index contributed by atoms with van der Waals surface area (Å²) in [6.07, 6.45) is 2.88. The molecule has 3 nitrogen and oxygen atoms in total. The van der Waals surface area contributed by atoms with Crippen LogP contribution in [0.1, 0.15) is 20.8 Å². The molecular formula is C7H13N3. The summed E-state index contributed by atoms with van der Waals surface area (Å²) in [6, 6.07) is 0. The van der Waals surface area contributed by atoms with Gasteiger partial charge < -0.3 is 0 Å². The molecule has 0 aliphatic carbocycles. The van der Waals surface area contributed by atoms with Gasteiger partial charge in [-0.05, 0) is 12.8 Å². The SMILES string of the molecule is C/C(=N\C=C/N=N)C(C)C. The van der Waals surface area contributed by atoms with Gasteiger partial charge in [0.25, 0.3) is 0 Å². The third kappa shape index (κ3) is 3.95. The number of hydrogen-bond donors (Lipinski definition) is 1. The highest BCUT2D eigenvalue weighted by atomic mass is 14.9. The number of aliphatic imine (C=N–C) groups is 1. The van der Waals surface area contributed by atoms with Crippen LogP contribution in [-0.2, 0) is 0 Å². The van der Waals surface area contributed by atoms with Crippen LogP contribution in [0.25, 0.3) is 0 Å². The Kier molecular flexibility index (Phi) is 4.37. The van der Waals surface area contributed by atoms with E-state index >= 15 is 0 Å². The summed E-state index contributed by atoms with van der Waals surface area (Å²) < 4.78 is 0. The van der Waals surface area contributed by atoms with Crippen LogP contribution < -0.4 is 0 Å². The van der Waals surface area contributed by atoms with Gasteiger partial charge in [-0.3, -0.25) is 4.99 Å². The second kappa shape index (κ2) is 4.85. The van der Waals surface area contributed by atoms with Crippen molar-refractivity contribution >= 4 is 5.71 Å². The fraction of sp³-hybridized carbons (Fsp3) is 0.571. The molecule has 56 valence electrons. The summed E-state index contributed by atoms with van der Waals surface area (Å²) in [6.45, 7) is 6.11. The van der Waals surface area contributed by atoms with Crippen LogP contribution in [0.4, 0.5) is 0 Å². The lowest BCUT2D eigenvalue weighted by Crippen LogP contribution is -1.99. The maximum Gasteiger partial charge on any atom is 0.0671 e. The van der Waals surface area contributed by atoms with Gasteiger partial charge in [-0.1, -0.05) is 13.8 Å². The largest absolute Gasteiger partial charge is 0.264 e. The summed E-state index contributed by atoms with van der Waals surface area (Å²) in [5, 5.41) is 3.03. The predicted octanol–water partition coefficient (Wildman–Crippen LogP) is 2.61. The van der Waals surface area contributed by atoms with E-state index in [0.717, 1.165) is 5.71 Å². The Balaban J connectivity index is 3.91. The van der Waals surface area contributed by atoms with E-state index in [1.165, 1.54) is 12.4 Å². The number of rotatable bonds is 3. The monoisotopic (exact) mass is 139 g/mol. The van der Waals surface area contributed by atoms with E-state index in [2.05, 4.69) is 24.0 Å². The first kappa shape index (κ1) is 9.01. The van der Waals surface area contributed by atoms with Gasteiger partial charge in [0.15, 0.2) is 0 Å². The van der Waals surface area contributed by atoms with Gasteiger partial charge in [0, 0.05) is 11.9 Å². The Morgan fingerprint density at radius 2 is 2.00 bits per heavy atom. The van der Waals surface area contributed by atoms with Crippen LogP contribution in [0.2, 0.25) is 0 Å². The lowest BCUT2D eigenvalue weighted by atomic mass is 10.1. The molecule has 0 saturated heterocycles. The average molecular weight is 139 g/mol. The molecule has 0 fully saturated rings. The Labute approximate surface area is 61.4 Å². The summed E-state index contributed by atoms with van der Waals surface area (Å²) >= 11 is 0. The van der Waals surface area contributed by atoms with Gasteiger partial charge in [0.1, 0.15) is 0 Å². The molecule has 0 aromatic heterocycles. The van der Waals surface area contributed by atoms with E-state index in [1.807, 2.05) is 6.92 Å². The highest BCUT2D eigenvalue weighted by Crippen LogP contribution is 1.95. The van der Waals surface area contributed by atoms with Crippen molar-refractivity contribution in [3.05, 3.63) is 12.4 Å². The van der Waals surface area contributed by atoms with Crippen LogP contribution in [0, 0.1) is 11.4 Å².